The molecule has 6 heteroatoms. The van der Waals surface area contributed by atoms with Crippen LogP contribution in [0.15, 0.2) is 12.1 Å². The number of aromatic carboxylic acids is 1. The van der Waals surface area contributed by atoms with Gasteiger partial charge in [0, 0.05) is 18.3 Å². The van der Waals surface area contributed by atoms with Crippen LogP contribution in [0.1, 0.15) is 30.1 Å². The smallest absolute Gasteiger partial charge is 0.337 e. The molecule has 4 N–H and O–H groups in total. The summed E-state index contributed by atoms with van der Waals surface area (Å²) in [5.74, 6) is -1.67. The average molecular weight is 281 g/mol. The highest BCUT2D eigenvalue weighted by Crippen LogP contribution is 2.23. The highest BCUT2D eigenvalue weighted by Gasteiger charge is 2.23. The minimum Gasteiger partial charge on any atom is -0.478 e. The summed E-state index contributed by atoms with van der Waals surface area (Å²) >= 11 is 0. The summed E-state index contributed by atoms with van der Waals surface area (Å²) in [5.41, 5.74) is 5.56. The van der Waals surface area contributed by atoms with Crippen LogP contribution in [0.4, 0.5) is 15.8 Å². The van der Waals surface area contributed by atoms with Gasteiger partial charge in [0.15, 0.2) is 0 Å². The lowest BCUT2D eigenvalue weighted by atomic mass is 10.1. The number of hydrogen-bond acceptors (Lipinski definition) is 4. The summed E-state index contributed by atoms with van der Waals surface area (Å²) in [4.78, 5) is 13.3. The number of nitrogen functional groups attached to an aromatic ring is 1. The summed E-state index contributed by atoms with van der Waals surface area (Å²) in [6, 6.07) is 2.68. The number of anilines is 2. The molecule has 0 aliphatic carbocycles. The Bertz CT molecular complexity index is 507. The molecule has 0 saturated carbocycles. The maximum atomic E-state index is 13.8. The molecule has 0 spiro atoms. The number of carboxylic acids is 1. The van der Waals surface area contributed by atoms with Gasteiger partial charge in [-0.3, -0.25) is 4.90 Å². The highest BCUT2D eigenvalue weighted by atomic mass is 19.1. The predicted molar refractivity (Wildman–Crippen MR) is 76.5 cm³/mol. The molecule has 1 aromatic rings. The van der Waals surface area contributed by atoms with Crippen molar-refractivity contribution in [2.24, 2.45) is 0 Å². The van der Waals surface area contributed by atoms with Gasteiger partial charge in [0.25, 0.3) is 0 Å². The van der Waals surface area contributed by atoms with Crippen molar-refractivity contribution in [2.45, 2.75) is 25.8 Å². The van der Waals surface area contributed by atoms with E-state index in [-0.39, 0.29) is 16.9 Å². The number of nitrogens with zero attached hydrogens (tertiary/aromatic N) is 1. The molecule has 1 fully saturated rings. The largest absolute Gasteiger partial charge is 0.478 e. The second-order valence-corrected chi connectivity index (χ2v) is 5.03. The minimum atomic E-state index is -1.15. The number of halogens is 1. The fourth-order valence-electron chi connectivity index (χ4n) is 2.68. The van der Waals surface area contributed by atoms with E-state index in [2.05, 4.69) is 17.1 Å². The van der Waals surface area contributed by atoms with Gasteiger partial charge in [-0.15, -0.1) is 0 Å². The Balaban J connectivity index is 2.09. The number of nitrogens with one attached hydrogen (secondary N) is 1. The fraction of sp³-hybridized carbons (Fsp3) is 0.500. The summed E-state index contributed by atoms with van der Waals surface area (Å²) in [7, 11) is 0. The predicted octanol–water partition coefficient (Wildman–Crippen LogP) is 2.00. The first kappa shape index (κ1) is 14.6. The Morgan fingerprint density at radius 3 is 3.00 bits per heavy atom. The van der Waals surface area contributed by atoms with Gasteiger partial charge in [0.05, 0.1) is 11.3 Å². The highest BCUT2D eigenvalue weighted by molar-refractivity contribution is 5.94. The molecule has 1 heterocycles. The van der Waals surface area contributed by atoms with Crippen LogP contribution in [0.3, 0.4) is 0 Å². The quantitative estimate of drug-likeness (QED) is 0.719. The Labute approximate surface area is 117 Å². The van der Waals surface area contributed by atoms with Crippen molar-refractivity contribution < 1.29 is 14.3 Å². The number of hydrogen-bond donors (Lipinski definition) is 3. The van der Waals surface area contributed by atoms with Gasteiger partial charge in [-0.05, 0) is 38.1 Å². The van der Waals surface area contributed by atoms with E-state index >= 15 is 0 Å². The van der Waals surface area contributed by atoms with E-state index in [4.69, 9.17) is 10.8 Å². The van der Waals surface area contributed by atoms with Crippen molar-refractivity contribution in [3.8, 4) is 0 Å². The zero-order valence-electron chi connectivity index (χ0n) is 11.5. The normalized spacial score (nSPS) is 19.2. The van der Waals surface area contributed by atoms with Gasteiger partial charge in [0.2, 0.25) is 0 Å². The molecule has 1 unspecified atom stereocenters. The monoisotopic (exact) mass is 281 g/mol. The van der Waals surface area contributed by atoms with Crippen LogP contribution in [-0.4, -0.2) is 41.7 Å². The number of likely N-dealkylation sites (N-methyl/N-ethyl adjacent to an activating group) is 1. The molecule has 1 aromatic carbocycles. The second-order valence-electron chi connectivity index (χ2n) is 5.03. The Hall–Kier alpha value is -1.82. The molecule has 20 heavy (non-hydrogen) atoms. The third-order valence-corrected chi connectivity index (χ3v) is 3.80. The molecule has 1 aliphatic heterocycles. The standard InChI is InChI=1S/C14H20FN3O2/c1-2-18-5-3-4-9(18)8-17-13-6-10(14(19)20)12(16)7-11(13)15/h6-7,9,17H,2-5,8,16H2,1H3,(H,19,20). The number of carbonyl (C=O) groups is 1. The van der Waals surface area contributed by atoms with E-state index in [1.807, 2.05) is 0 Å². The SMILES string of the molecule is CCN1CCCC1CNc1cc(C(=O)O)c(N)cc1F. The van der Waals surface area contributed by atoms with Crippen molar-refractivity contribution in [3.05, 3.63) is 23.5 Å². The Morgan fingerprint density at radius 1 is 1.60 bits per heavy atom. The van der Waals surface area contributed by atoms with Gasteiger partial charge >= 0.3 is 5.97 Å². The molecule has 0 radical (unpaired) electrons. The van der Waals surface area contributed by atoms with Crippen LogP contribution in [0.2, 0.25) is 0 Å². The topological polar surface area (TPSA) is 78.6 Å². The van der Waals surface area contributed by atoms with E-state index in [1.54, 1.807) is 0 Å². The van der Waals surface area contributed by atoms with E-state index in [9.17, 15) is 9.18 Å². The summed E-state index contributed by atoms with van der Waals surface area (Å²) in [6.07, 6.45) is 2.22. The maximum Gasteiger partial charge on any atom is 0.337 e. The van der Waals surface area contributed by atoms with E-state index in [0.717, 1.165) is 32.0 Å². The van der Waals surface area contributed by atoms with Crippen molar-refractivity contribution >= 4 is 17.3 Å². The molecule has 0 bridgehead atoms. The van der Waals surface area contributed by atoms with Crippen LogP contribution in [0.5, 0.6) is 0 Å². The van der Waals surface area contributed by atoms with Gasteiger partial charge in [-0.25, -0.2) is 9.18 Å². The zero-order valence-corrected chi connectivity index (χ0v) is 11.5. The molecular weight excluding hydrogens is 261 g/mol. The molecular formula is C14H20FN3O2. The number of benzene rings is 1. The van der Waals surface area contributed by atoms with Crippen LogP contribution in [0.25, 0.3) is 0 Å². The number of likely N-dealkylation sites (tertiary alicyclic amines) is 1. The lowest BCUT2D eigenvalue weighted by molar-refractivity contribution is 0.0698. The van der Waals surface area contributed by atoms with Crippen molar-refractivity contribution in [3.63, 3.8) is 0 Å². The summed E-state index contributed by atoms with van der Waals surface area (Å²) in [5, 5.41) is 12.0. The first-order valence-electron chi connectivity index (χ1n) is 6.83. The molecule has 0 aromatic heterocycles. The first-order chi connectivity index (χ1) is 9.52. The van der Waals surface area contributed by atoms with Crippen molar-refractivity contribution in [1.29, 1.82) is 0 Å². The third kappa shape index (κ3) is 3.01. The Morgan fingerprint density at radius 2 is 2.35 bits per heavy atom. The average Bonchev–Trinajstić information content (AvgIpc) is 2.84. The van der Waals surface area contributed by atoms with Gasteiger partial charge in [0.1, 0.15) is 5.82 Å². The zero-order chi connectivity index (χ0) is 14.7. The molecule has 5 nitrogen and oxygen atoms in total. The van der Waals surface area contributed by atoms with Crippen LogP contribution >= 0.6 is 0 Å². The number of carboxylic acid groups (broad SMARTS) is 1. The molecule has 2 rings (SSSR count). The maximum absolute atomic E-state index is 13.8. The van der Waals surface area contributed by atoms with E-state index in [0.29, 0.717) is 12.6 Å². The van der Waals surface area contributed by atoms with Crippen molar-refractivity contribution in [2.75, 3.05) is 30.7 Å². The van der Waals surface area contributed by atoms with Gasteiger partial charge in [-0.2, -0.15) is 0 Å². The number of nitrogens with two attached hydrogens (primary N) is 1. The minimum absolute atomic E-state index is 0.0587. The summed E-state index contributed by atoms with van der Waals surface area (Å²) in [6.45, 7) is 4.74. The van der Waals surface area contributed by atoms with Crippen LogP contribution in [-0.2, 0) is 0 Å². The van der Waals surface area contributed by atoms with Gasteiger partial charge in [-0.1, -0.05) is 6.92 Å². The van der Waals surface area contributed by atoms with E-state index in [1.165, 1.54) is 6.07 Å². The molecule has 0 amide bonds. The lowest BCUT2D eigenvalue weighted by Crippen LogP contribution is -2.34. The second kappa shape index (κ2) is 6.09. The lowest BCUT2D eigenvalue weighted by Gasteiger charge is -2.23. The first-order valence-corrected chi connectivity index (χ1v) is 6.83. The van der Waals surface area contributed by atoms with Crippen LogP contribution in [0, 0.1) is 5.82 Å². The van der Waals surface area contributed by atoms with Gasteiger partial charge < -0.3 is 16.2 Å². The molecule has 110 valence electrons. The third-order valence-electron chi connectivity index (χ3n) is 3.80. The number of rotatable bonds is 5. The van der Waals surface area contributed by atoms with Crippen LogP contribution < -0.4 is 11.1 Å². The summed E-state index contributed by atoms with van der Waals surface area (Å²) < 4.78 is 13.8. The Kier molecular flexibility index (Phi) is 4.44. The van der Waals surface area contributed by atoms with Crippen molar-refractivity contribution in [1.82, 2.24) is 4.90 Å². The molecule has 1 aliphatic rings. The van der Waals surface area contributed by atoms with E-state index < -0.39 is 11.8 Å². The molecule has 1 saturated heterocycles. The molecule has 1 atom stereocenters. The fourth-order valence-corrected chi connectivity index (χ4v) is 2.68.